The SMILES string of the molecule is CCC(C)(C)CC1CC(N(C)N=N/C(=C/C(F)F)C(CCC(=O)O)CC(=O)Nc2ccc(C)cc2C)C1. The molecule has 1 aromatic carbocycles. The van der Waals surface area contributed by atoms with Crippen molar-refractivity contribution in [3.63, 3.8) is 0 Å². The van der Waals surface area contributed by atoms with Crippen molar-refractivity contribution in [1.29, 1.82) is 0 Å². The molecule has 0 radical (unpaired) electrons. The fraction of sp³-hybridized carbons (Fsp3) is 0.643. The number of allylic oxidation sites excluding steroid dienone is 2. The summed E-state index contributed by atoms with van der Waals surface area (Å²) in [5, 5.41) is 22.0. The third-order valence-electron chi connectivity index (χ3n) is 7.35. The predicted octanol–water partition coefficient (Wildman–Crippen LogP) is 7.17. The van der Waals surface area contributed by atoms with Gasteiger partial charge < -0.3 is 10.4 Å². The molecule has 0 aromatic heterocycles. The predicted molar refractivity (Wildman–Crippen MR) is 141 cm³/mol. The molecule has 1 unspecified atom stereocenters. The van der Waals surface area contributed by atoms with Crippen LogP contribution in [0.3, 0.4) is 0 Å². The Morgan fingerprint density at radius 3 is 2.51 bits per heavy atom. The average molecular weight is 521 g/mol. The Morgan fingerprint density at radius 2 is 1.95 bits per heavy atom. The molecule has 0 spiro atoms. The number of carbonyl (C=O) groups excluding carboxylic acids is 1. The summed E-state index contributed by atoms with van der Waals surface area (Å²) in [4.78, 5) is 24.0. The molecular weight excluding hydrogens is 478 g/mol. The van der Waals surface area contributed by atoms with Crippen molar-refractivity contribution in [3.8, 4) is 0 Å². The lowest BCUT2D eigenvalue weighted by molar-refractivity contribution is -0.137. The minimum atomic E-state index is -2.81. The van der Waals surface area contributed by atoms with Crippen molar-refractivity contribution < 1.29 is 23.5 Å². The van der Waals surface area contributed by atoms with Gasteiger partial charge in [-0.3, -0.25) is 14.6 Å². The van der Waals surface area contributed by atoms with Crippen molar-refractivity contribution in [2.75, 3.05) is 12.4 Å². The third-order valence-corrected chi connectivity index (χ3v) is 7.35. The van der Waals surface area contributed by atoms with Gasteiger partial charge in [0.2, 0.25) is 5.91 Å². The first-order valence-electron chi connectivity index (χ1n) is 13.0. The Bertz CT molecular complexity index is 988. The van der Waals surface area contributed by atoms with E-state index < -0.39 is 24.2 Å². The summed E-state index contributed by atoms with van der Waals surface area (Å²) in [5.41, 5.74) is 2.77. The van der Waals surface area contributed by atoms with Gasteiger partial charge in [0.1, 0.15) is 0 Å². The van der Waals surface area contributed by atoms with Crippen LogP contribution in [0.5, 0.6) is 0 Å². The molecule has 0 bridgehead atoms. The molecule has 1 saturated carbocycles. The van der Waals surface area contributed by atoms with Crippen LogP contribution in [-0.4, -0.2) is 41.5 Å². The Morgan fingerprint density at radius 1 is 1.27 bits per heavy atom. The number of nitrogens with zero attached hydrogens (tertiary/aromatic N) is 3. The van der Waals surface area contributed by atoms with Gasteiger partial charge in [0.05, 0.1) is 5.70 Å². The molecule has 7 nitrogen and oxygen atoms in total. The van der Waals surface area contributed by atoms with E-state index in [0.717, 1.165) is 36.8 Å². The Labute approximate surface area is 219 Å². The number of carbonyl (C=O) groups is 2. The second-order valence-electron chi connectivity index (χ2n) is 11.1. The van der Waals surface area contributed by atoms with Crippen LogP contribution < -0.4 is 5.32 Å². The second kappa shape index (κ2) is 13.6. The van der Waals surface area contributed by atoms with E-state index in [1.54, 1.807) is 18.1 Å². The maximum absolute atomic E-state index is 13.4. The fourth-order valence-electron chi connectivity index (χ4n) is 4.70. The van der Waals surface area contributed by atoms with Crippen molar-refractivity contribution in [2.24, 2.45) is 27.6 Å². The van der Waals surface area contributed by atoms with E-state index in [9.17, 15) is 23.5 Å². The fourth-order valence-corrected chi connectivity index (χ4v) is 4.70. The second-order valence-corrected chi connectivity index (χ2v) is 11.1. The molecule has 1 fully saturated rings. The molecule has 0 aliphatic heterocycles. The van der Waals surface area contributed by atoms with Gasteiger partial charge in [-0.05, 0) is 62.5 Å². The normalized spacial score (nSPS) is 19.1. The highest BCUT2D eigenvalue weighted by Gasteiger charge is 2.35. The average Bonchev–Trinajstić information content (AvgIpc) is 2.77. The van der Waals surface area contributed by atoms with Gasteiger partial charge in [0.25, 0.3) is 6.43 Å². The van der Waals surface area contributed by atoms with Crippen LogP contribution in [0.25, 0.3) is 0 Å². The highest BCUT2D eigenvalue weighted by molar-refractivity contribution is 5.91. The van der Waals surface area contributed by atoms with Gasteiger partial charge in [0, 0.05) is 43.6 Å². The Hall–Kier alpha value is -2.84. The summed E-state index contributed by atoms with van der Waals surface area (Å²) in [5.74, 6) is -1.68. The van der Waals surface area contributed by atoms with Crippen LogP contribution in [0.15, 0.2) is 40.3 Å². The smallest absolute Gasteiger partial charge is 0.303 e. The molecule has 37 heavy (non-hydrogen) atoms. The lowest BCUT2D eigenvalue weighted by Crippen LogP contribution is -2.41. The zero-order valence-corrected chi connectivity index (χ0v) is 22.9. The van der Waals surface area contributed by atoms with E-state index in [4.69, 9.17) is 0 Å². The number of nitrogens with one attached hydrogen (secondary N) is 1. The molecule has 9 heteroatoms. The minimum absolute atomic E-state index is 0.00543. The molecule has 206 valence electrons. The first-order chi connectivity index (χ1) is 17.3. The van der Waals surface area contributed by atoms with Gasteiger partial charge in [-0.1, -0.05) is 50.1 Å². The zero-order valence-electron chi connectivity index (χ0n) is 22.9. The van der Waals surface area contributed by atoms with Crippen molar-refractivity contribution in [3.05, 3.63) is 41.1 Å². The molecule has 0 heterocycles. The van der Waals surface area contributed by atoms with Gasteiger partial charge in [0.15, 0.2) is 0 Å². The summed E-state index contributed by atoms with van der Waals surface area (Å²) < 4.78 is 26.8. The minimum Gasteiger partial charge on any atom is -0.481 e. The summed E-state index contributed by atoms with van der Waals surface area (Å²) in [6, 6.07) is 5.76. The number of alkyl halides is 2. The molecular formula is C28H42F2N4O3. The van der Waals surface area contributed by atoms with Gasteiger partial charge in [-0.15, -0.1) is 5.11 Å². The topological polar surface area (TPSA) is 94.4 Å². The van der Waals surface area contributed by atoms with E-state index in [0.29, 0.717) is 17.7 Å². The summed E-state index contributed by atoms with van der Waals surface area (Å²) in [6.45, 7) is 10.5. The van der Waals surface area contributed by atoms with E-state index >= 15 is 0 Å². The Kier molecular flexibility index (Phi) is 11.2. The van der Waals surface area contributed by atoms with Crippen molar-refractivity contribution in [2.45, 2.75) is 92.0 Å². The summed E-state index contributed by atoms with van der Waals surface area (Å²) in [7, 11) is 1.77. The first-order valence-corrected chi connectivity index (χ1v) is 13.0. The van der Waals surface area contributed by atoms with E-state index in [2.05, 4.69) is 36.4 Å². The van der Waals surface area contributed by atoms with Crippen LogP contribution in [0.4, 0.5) is 14.5 Å². The number of amides is 1. The number of anilines is 1. The number of benzene rings is 1. The molecule has 2 N–H and O–H groups in total. The molecule has 0 saturated heterocycles. The van der Waals surface area contributed by atoms with Gasteiger partial charge in [-0.25, -0.2) is 8.78 Å². The summed E-state index contributed by atoms with van der Waals surface area (Å²) in [6.07, 6.45) is 1.58. The number of carboxylic acid groups (broad SMARTS) is 1. The van der Waals surface area contributed by atoms with Crippen LogP contribution >= 0.6 is 0 Å². The van der Waals surface area contributed by atoms with Crippen molar-refractivity contribution in [1.82, 2.24) is 5.01 Å². The van der Waals surface area contributed by atoms with E-state index in [1.165, 1.54) is 0 Å². The largest absolute Gasteiger partial charge is 0.481 e. The standard InChI is InChI=1S/C28H42F2N4O3/c1-7-28(4,5)17-20-13-22(14-20)34(6)33-32-24(16-25(29)30)21(9-11-27(36)37)15-26(35)31-23-10-8-18(2)12-19(23)3/h8,10,12,16,20-22,25H,7,9,11,13-15,17H2,1-6H3,(H,31,35)(H,36,37)/b24-16+,33-32?. The monoisotopic (exact) mass is 520 g/mol. The molecule has 1 atom stereocenters. The quantitative estimate of drug-likeness (QED) is 0.201. The van der Waals surface area contributed by atoms with Crippen LogP contribution in [0.2, 0.25) is 0 Å². The van der Waals surface area contributed by atoms with E-state index in [-0.39, 0.29) is 36.4 Å². The van der Waals surface area contributed by atoms with Crippen LogP contribution in [-0.2, 0) is 9.59 Å². The van der Waals surface area contributed by atoms with Crippen molar-refractivity contribution >= 4 is 17.6 Å². The van der Waals surface area contributed by atoms with E-state index in [1.807, 2.05) is 26.0 Å². The van der Waals surface area contributed by atoms with Crippen LogP contribution in [0, 0.1) is 31.1 Å². The highest BCUT2D eigenvalue weighted by atomic mass is 19.3. The number of rotatable bonds is 14. The Balaban J connectivity index is 2.11. The lowest BCUT2D eigenvalue weighted by Gasteiger charge is -2.42. The number of aliphatic carboxylic acids is 1. The highest BCUT2D eigenvalue weighted by Crippen LogP contribution is 2.41. The van der Waals surface area contributed by atoms with Crippen LogP contribution in [0.1, 0.15) is 76.8 Å². The molecule has 1 aliphatic carbocycles. The number of hydrogen-bond donors (Lipinski definition) is 2. The molecule has 1 aromatic rings. The lowest BCUT2D eigenvalue weighted by atomic mass is 9.70. The third kappa shape index (κ3) is 10.2. The number of carboxylic acids is 1. The number of hydrogen-bond acceptors (Lipinski definition) is 4. The van der Waals surface area contributed by atoms with Gasteiger partial charge >= 0.3 is 5.97 Å². The number of halogens is 2. The molecule has 2 rings (SSSR count). The zero-order chi connectivity index (χ0) is 27.8. The molecule has 1 amide bonds. The first kappa shape index (κ1) is 30.4. The number of aryl methyl sites for hydroxylation is 2. The molecule has 1 aliphatic rings. The maximum atomic E-state index is 13.4. The summed E-state index contributed by atoms with van der Waals surface area (Å²) >= 11 is 0. The maximum Gasteiger partial charge on any atom is 0.303 e. The van der Waals surface area contributed by atoms with Gasteiger partial charge in [-0.2, -0.15) is 0 Å².